The predicted octanol–water partition coefficient (Wildman–Crippen LogP) is 4.95. The van der Waals surface area contributed by atoms with E-state index in [0.717, 1.165) is 11.1 Å². The zero-order chi connectivity index (χ0) is 24.3. The van der Waals surface area contributed by atoms with Crippen LogP contribution in [0.4, 0.5) is 4.79 Å². The Hall–Kier alpha value is -2.86. The third-order valence-electron chi connectivity index (χ3n) is 5.56. The van der Waals surface area contributed by atoms with E-state index in [-0.39, 0.29) is 18.4 Å². The summed E-state index contributed by atoms with van der Waals surface area (Å²) in [7, 11) is 0. The molecule has 0 spiro atoms. The molecule has 0 fully saturated rings. The maximum Gasteiger partial charge on any atom is 0.412 e. The molecule has 0 heterocycles. The molecule has 1 atom stereocenters. The topological polar surface area (TPSA) is 70.7 Å². The van der Waals surface area contributed by atoms with Crippen molar-refractivity contribution in [2.45, 2.75) is 59.9 Å². The smallest absolute Gasteiger partial charge is 0.412 e. The largest absolute Gasteiger partial charge is 0.444 e. The van der Waals surface area contributed by atoms with Crippen LogP contribution in [0.1, 0.15) is 52.2 Å². The molecule has 2 aromatic carbocycles. The molecular weight excluding hydrogens is 414 g/mol. The lowest BCUT2D eigenvalue weighted by atomic mass is 9.91. The lowest BCUT2D eigenvalue weighted by molar-refractivity contribution is -0.139. The Morgan fingerprint density at radius 2 is 1.52 bits per heavy atom. The summed E-state index contributed by atoms with van der Waals surface area (Å²) in [6, 6.07) is 19.3. The molecule has 6 nitrogen and oxygen atoms in total. The summed E-state index contributed by atoms with van der Waals surface area (Å²) in [5, 5.41) is 6.51. The number of carbonyl (C=O) groups excluding carboxylic acids is 2. The van der Waals surface area contributed by atoms with Crippen LogP contribution in [0.2, 0.25) is 0 Å². The number of nitrogens with one attached hydrogen (secondary N) is 2. The molecule has 0 saturated heterocycles. The van der Waals surface area contributed by atoms with Gasteiger partial charge in [0.25, 0.3) is 5.91 Å². The van der Waals surface area contributed by atoms with E-state index in [2.05, 4.69) is 24.5 Å². The third kappa shape index (κ3) is 7.32. The van der Waals surface area contributed by atoms with Gasteiger partial charge in [0.2, 0.25) is 0 Å². The summed E-state index contributed by atoms with van der Waals surface area (Å²) in [6.45, 7) is 11.6. The summed E-state index contributed by atoms with van der Waals surface area (Å²) >= 11 is 0. The van der Waals surface area contributed by atoms with Crippen LogP contribution in [-0.2, 0) is 22.7 Å². The van der Waals surface area contributed by atoms with Crippen LogP contribution in [0.5, 0.6) is 0 Å². The standard InChI is InChI=1S/C27H39N3O3/c1-6-17-30(26(32)33-20-24-15-11-8-12-16-24)27(22(4)5,29-18-21(2)3)25(31)28-19-23-13-9-7-10-14-23/h7-16,21-22,29H,6,17-20H2,1-5H3,(H,28,31)/t27-/m0/s1. The van der Waals surface area contributed by atoms with Crippen LogP contribution >= 0.6 is 0 Å². The summed E-state index contributed by atoms with van der Waals surface area (Å²) in [6.07, 6.45) is 0.199. The van der Waals surface area contributed by atoms with Gasteiger partial charge >= 0.3 is 6.09 Å². The van der Waals surface area contributed by atoms with Crippen molar-refractivity contribution in [1.29, 1.82) is 0 Å². The van der Waals surface area contributed by atoms with Gasteiger partial charge in [-0.3, -0.25) is 15.0 Å². The second-order valence-corrected chi connectivity index (χ2v) is 9.06. The first-order chi connectivity index (χ1) is 15.8. The Balaban J connectivity index is 2.32. The van der Waals surface area contributed by atoms with E-state index in [0.29, 0.717) is 32.0 Å². The van der Waals surface area contributed by atoms with Crippen molar-refractivity contribution in [3.63, 3.8) is 0 Å². The van der Waals surface area contributed by atoms with Crippen molar-refractivity contribution in [2.24, 2.45) is 11.8 Å². The average molecular weight is 454 g/mol. The summed E-state index contributed by atoms with van der Waals surface area (Å²) in [5.74, 6) is -0.121. The van der Waals surface area contributed by atoms with Gasteiger partial charge in [-0.1, -0.05) is 95.3 Å². The number of amides is 2. The van der Waals surface area contributed by atoms with Crippen molar-refractivity contribution in [3.05, 3.63) is 71.8 Å². The molecule has 180 valence electrons. The minimum absolute atomic E-state index is 0.157. The highest BCUT2D eigenvalue weighted by atomic mass is 16.6. The van der Waals surface area contributed by atoms with E-state index in [1.165, 1.54) is 0 Å². The third-order valence-corrected chi connectivity index (χ3v) is 5.56. The second kappa shape index (κ2) is 13.0. The molecule has 0 aliphatic heterocycles. The molecule has 0 aromatic heterocycles. The molecule has 6 heteroatoms. The van der Waals surface area contributed by atoms with Crippen LogP contribution in [0, 0.1) is 11.8 Å². The molecule has 0 bridgehead atoms. The van der Waals surface area contributed by atoms with Crippen molar-refractivity contribution in [2.75, 3.05) is 13.1 Å². The first kappa shape index (κ1) is 26.4. The zero-order valence-electron chi connectivity index (χ0n) is 20.6. The highest BCUT2D eigenvalue weighted by molar-refractivity contribution is 5.90. The number of ether oxygens (including phenoxy) is 1. The van der Waals surface area contributed by atoms with Crippen molar-refractivity contribution in [3.8, 4) is 0 Å². The number of rotatable bonds is 12. The van der Waals surface area contributed by atoms with Crippen LogP contribution in [0.3, 0.4) is 0 Å². The van der Waals surface area contributed by atoms with Gasteiger partial charge in [-0.2, -0.15) is 0 Å². The van der Waals surface area contributed by atoms with E-state index in [9.17, 15) is 9.59 Å². The van der Waals surface area contributed by atoms with E-state index in [1.54, 1.807) is 4.90 Å². The Kier molecular flexibility index (Phi) is 10.4. The van der Waals surface area contributed by atoms with Gasteiger partial charge in [0.05, 0.1) is 0 Å². The fourth-order valence-electron chi connectivity index (χ4n) is 3.78. The van der Waals surface area contributed by atoms with Crippen LogP contribution in [0.25, 0.3) is 0 Å². The van der Waals surface area contributed by atoms with Crippen LogP contribution < -0.4 is 10.6 Å². The Bertz CT molecular complexity index is 855. The quantitative estimate of drug-likeness (QED) is 0.446. The van der Waals surface area contributed by atoms with E-state index < -0.39 is 11.8 Å². The molecule has 2 N–H and O–H groups in total. The normalized spacial score (nSPS) is 12.9. The first-order valence-electron chi connectivity index (χ1n) is 11.9. The van der Waals surface area contributed by atoms with Crippen LogP contribution in [0.15, 0.2) is 60.7 Å². The number of hydrogen-bond acceptors (Lipinski definition) is 4. The highest BCUT2D eigenvalue weighted by Gasteiger charge is 2.49. The maximum atomic E-state index is 13.8. The molecule has 2 aromatic rings. The van der Waals surface area contributed by atoms with Crippen LogP contribution in [-0.4, -0.2) is 35.7 Å². The van der Waals surface area contributed by atoms with Gasteiger partial charge in [0.15, 0.2) is 5.66 Å². The molecule has 33 heavy (non-hydrogen) atoms. The van der Waals surface area contributed by atoms with E-state index in [4.69, 9.17) is 4.74 Å². The van der Waals surface area contributed by atoms with Gasteiger partial charge in [0, 0.05) is 19.6 Å². The van der Waals surface area contributed by atoms with Crippen molar-refractivity contribution >= 4 is 12.0 Å². The highest BCUT2D eigenvalue weighted by Crippen LogP contribution is 2.26. The lowest BCUT2D eigenvalue weighted by Crippen LogP contribution is -2.71. The number of hydrogen-bond donors (Lipinski definition) is 2. The SMILES string of the molecule is CCCN(C(=O)OCc1ccccc1)[C@](NCC(C)C)(C(=O)NCc1ccccc1)C(C)C. The molecule has 0 aliphatic rings. The van der Waals surface area contributed by atoms with Crippen molar-refractivity contribution < 1.29 is 14.3 Å². The summed E-state index contributed by atoms with van der Waals surface area (Å²) in [5.41, 5.74) is 0.671. The molecule has 0 radical (unpaired) electrons. The number of nitrogens with zero attached hydrogens (tertiary/aromatic N) is 1. The molecule has 2 amide bonds. The number of benzene rings is 2. The predicted molar refractivity (Wildman–Crippen MR) is 132 cm³/mol. The molecule has 0 aliphatic carbocycles. The minimum atomic E-state index is -1.23. The molecular formula is C27H39N3O3. The monoisotopic (exact) mass is 453 g/mol. The fraction of sp³-hybridized carbons (Fsp3) is 0.481. The lowest BCUT2D eigenvalue weighted by Gasteiger charge is -2.45. The van der Waals surface area contributed by atoms with Gasteiger partial charge in [-0.05, 0) is 29.4 Å². The fourth-order valence-corrected chi connectivity index (χ4v) is 3.78. The van der Waals surface area contributed by atoms with Gasteiger partial charge < -0.3 is 10.1 Å². The first-order valence-corrected chi connectivity index (χ1v) is 11.9. The summed E-state index contributed by atoms with van der Waals surface area (Å²) < 4.78 is 5.69. The Morgan fingerprint density at radius 1 is 0.939 bits per heavy atom. The second-order valence-electron chi connectivity index (χ2n) is 9.06. The Morgan fingerprint density at radius 3 is 2.03 bits per heavy atom. The van der Waals surface area contributed by atoms with E-state index >= 15 is 0 Å². The van der Waals surface area contributed by atoms with Gasteiger partial charge in [-0.15, -0.1) is 0 Å². The average Bonchev–Trinajstić information content (AvgIpc) is 2.81. The summed E-state index contributed by atoms with van der Waals surface area (Å²) in [4.78, 5) is 28.7. The van der Waals surface area contributed by atoms with E-state index in [1.807, 2.05) is 81.4 Å². The maximum absolute atomic E-state index is 13.8. The molecule has 0 saturated carbocycles. The van der Waals surface area contributed by atoms with Gasteiger partial charge in [0.1, 0.15) is 6.61 Å². The minimum Gasteiger partial charge on any atom is -0.444 e. The van der Waals surface area contributed by atoms with Crippen molar-refractivity contribution in [1.82, 2.24) is 15.5 Å². The Labute approximate surface area is 198 Å². The number of carbonyl (C=O) groups is 2. The molecule has 2 rings (SSSR count). The van der Waals surface area contributed by atoms with Gasteiger partial charge in [-0.25, -0.2) is 4.79 Å². The molecule has 0 unspecified atom stereocenters. The zero-order valence-corrected chi connectivity index (χ0v) is 20.6.